The van der Waals surface area contributed by atoms with E-state index in [2.05, 4.69) is 0 Å². The van der Waals surface area contributed by atoms with E-state index in [4.69, 9.17) is 11.6 Å². The Morgan fingerprint density at radius 3 is 2.20 bits per heavy atom. The molecule has 35 heavy (non-hydrogen) atoms. The van der Waals surface area contributed by atoms with Crippen molar-refractivity contribution in [2.45, 2.75) is 6.42 Å². The molecule has 4 aromatic rings. The minimum atomic E-state index is -0.993. The van der Waals surface area contributed by atoms with E-state index in [0.717, 1.165) is 16.6 Å². The molecule has 1 aromatic heterocycles. The summed E-state index contributed by atoms with van der Waals surface area (Å²) in [7, 11) is 0. The third-order valence-corrected chi connectivity index (χ3v) is 6.80. The number of benzene rings is 3. The monoisotopic (exact) mass is 491 g/mol. The average molecular weight is 492 g/mol. The third kappa shape index (κ3) is 4.23. The molecule has 0 aliphatic carbocycles. The molecule has 0 bridgehead atoms. The van der Waals surface area contributed by atoms with Gasteiger partial charge in [0.2, 0.25) is 0 Å². The van der Waals surface area contributed by atoms with Crippen molar-refractivity contribution in [1.82, 2.24) is 14.4 Å². The number of fused-ring (bicyclic) bond motifs is 1. The summed E-state index contributed by atoms with van der Waals surface area (Å²) in [6.07, 6.45) is -0.877. The molecular formula is C27H23ClFN3O3. The molecule has 1 saturated heterocycles. The van der Waals surface area contributed by atoms with Crippen molar-refractivity contribution in [2.75, 3.05) is 26.2 Å². The summed E-state index contributed by atoms with van der Waals surface area (Å²) in [5, 5.41) is 10.3. The maximum Gasteiger partial charge on any atom is 0.407 e. The SMILES string of the molecule is O=C(O)N1CCN(C(=O)c2c(Cc3c(F)cccc3Cl)n(-c3ccccc3)c3ccccc23)CC1. The Balaban J connectivity index is 1.69. The zero-order valence-electron chi connectivity index (χ0n) is 18.8. The molecule has 0 unspecified atom stereocenters. The molecule has 1 fully saturated rings. The molecule has 0 radical (unpaired) electrons. The number of piperazine rings is 1. The van der Waals surface area contributed by atoms with Crippen LogP contribution in [0.3, 0.4) is 0 Å². The van der Waals surface area contributed by atoms with E-state index in [1.54, 1.807) is 17.0 Å². The van der Waals surface area contributed by atoms with E-state index in [9.17, 15) is 19.1 Å². The maximum absolute atomic E-state index is 14.9. The lowest BCUT2D eigenvalue weighted by Gasteiger charge is -2.33. The highest BCUT2D eigenvalue weighted by Crippen LogP contribution is 2.34. The summed E-state index contributed by atoms with van der Waals surface area (Å²) in [4.78, 5) is 28.2. The number of amides is 2. The number of nitrogens with zero attached hydrogens (tertiary/aromatic N) is 3. The van der Waals surface area contributed by atoms with Crippen molar-refractivity contribution < 1.29 is 19.1 Å². The van der Waals surface area contributed by atoms with Gasteiger partial charge in [0.15, 0.2) is 0 Å². The predicted molar refractivity (Wildman–Crippen MR) is 133 cm³/mol. The van der Waals surface area contributed by atoms with Gasteiger partial charge in [0, 0.05) is 60.0 Å². The zero-order valence-corrected chi connectivity index (χ0v) is 19.6. The van der Waals surface area contributed by atoms with Gasteiger partial charge < -0.3 is 19.5 Å². The molecule has 1 N–H and O–H groups in total. The zero-order chi connectivity index (χ0) is 24.5. The minimum absolute atomic E-state index is 0.116. The van der Waals surface area contributed by atoms with Crippen LogP contribution in [0.5, 0.6) is 0 Å². The van der Waals surface area contributed by atoms with Gasteiger partial charge in [-0.15, -0.1) is 0 Å². The average Bonchev–Trinajstić information content (AvgIpc) is 3.20. The summed E-state index contributed by atoms with van der Waals surface area (Å²) in [6.45, 7) is 1.06. The molecule has 3 aromatic carbocycles. The smallest absolute Gasteiger partial charge is 0.407 e. The van der Waals surface area contributed by atoms with Gasteiger partial charge in [-0.1, -0.05) is 54.1 Å². The normalized spacial score (nSPS) is 13.9. The molecule has 0 saturated carbocycles. The van der Waals surface area contributed by atoms with Crippen LogP contribution in [-0.2, 0) is 6.42 Å². The Bertz CT molecular complexity index is 1390. The number of carbonyl (C=O) groups is 2. The Hall–Kier alpha value is -3.84. The standard InChI is InChI=1S/C27H23ClFN3O3/c28-21-10-6-11-22(29)20(21)17-24-25(26(33)30-13-15-31(16-14-30)27(34)35)19-9-4-5-12-23(19)32(24)18-7-2-1-3-8-18/h1-12H,13-17H2,(H,34,35). The van der Waals surface area contributed by atoms with Crippen LogP contribution in [0.15, 0.2) is 72.8 Å². The topological polar surface area (TPSA) is 65.8 Å². The number of carbonyl (C=O) groups excluding carboxylic acids is 1. The summed E-state index contributed by atoms with van der Waals surface area (Å²) in [6, 6.07) is 21.8. The Labute approximate surface area is 206 Å². The quantitative estimate of drug-likeness (QED) is 0.413. The lowest BCUT2D eigenvalue weighted by atomic mass is 10.0. The van der Waals surface area contributed by atoms with Crippen molar-refractivity contribution in [3.63, 3.8) is 0 Å². The van der Waals surface area contributed by atoms with E-state index in [0.29, 0.717) is 21.8 Å². The highest BCUT2D eigenvalue weighted by molar-refractivity contribution is 6.31. The number of para-hydroxylation sites is 2. The second kappa shape index (κ2) is 9.43. The predicted octanol–water partition coefficient (Wildman–Crippen LogP) is 5.45. The van der Waals surface area contributed by atoms with Gasteiger partial charge in [0.1, 0.15) is 5.82 Å². The number of rotatable bonds is 4. The van der Waals surface area contributed by atoms with Crippen LogP contribution in [0.4, 0.5) is 9.18 Å². The Kier molecular flexibility index (Phi) is 6.17. The third-order valence-electron chi connectivity index (χ3n) is 6.44. The number of carboxylic acid groups (broad SMARTS) is 1. The molecular weight excluding hydrogens is 469 g/mol. The number of hydrogen-bond donors (Lipinski definition) is 1. The van der Waals surface area contributed by atoms with Crippen LogP contribution in [0, 0.1) is 5.82 Å². The first-order chi connectivity index (χ1) is 17.0. The van der Waals surface area contributed by atoms with Crippen LogP contribution in [0.1, 0.15) is 21.6 Å². The fourth-order valence-corrected chi connectivity index (χ4v) is 4.93. The van der Waals surface area contributed by atoms with E-state index < -0.39 is 11.9 Å². The van der Waals surface area contributed by atoms with Crippen LogP contribution in [0.25, 0.3) is 16.6 Å². The Morgan fingerprint density at radius 1 is 0.857 bits per heavy atom. The van der Waals surface area contributed by atoms with Gasteiger partial charge >= 0.3 is 6.09 Å². The lowest BCUT2D eigenvalue weighted by molar-refractivity contribution is 0.0625. The molecule has 1 aliphatic heterocycles. The van der Waals surface area contributed by atoms with Gasteiger partial charge in [-0.2, -0.15) is 0 Å². The molecule has 5 rings (SSSR count). The van der Waals surface area contributed by atoms with Crippen molar-refractivity contribution in [1.29, 1.82) is 0 Å². The molecule has 8 heteroatoms. The van der Waals surface area contributed by atoms with E-state index in [-0.39, 0.29) is 38.5 Å². The Morgan fingerprint density at radius 2 is 1.51 bits per heavy atom. The van der Waals surface area contributed by atoms with E-state index in [1.165, 1.54) is 11.0 Å². The van der Waals surface area contributed by atoms with Crippen molar-refractivity contribution in [3.8, 4) is 5.69 Å². The molecule has 6 nitrogen and oxygen atoms in total. The second-order valence-corrected chi connectivity index (χ2v) is 8.86. The number of aromatic nitrogens is 1. The summed E-state index contributed by atoms with van der Waals surface area (Å²) in [5.41, 5.74) is 3.11. The first kappa shape index (κ1) is 22.9. The second-order valence-electron chi connectivity index (χ2n) is 8.45. The molecule has 0 spiro atoms. The fraction of sp³-hybridized carbons (Fsp3) is 0.185. The first-order valence-electron chi connectivity index (χ1n) is 11.3. The van der Waals surface area contributed by atoms with Crippen molar-refractivity contribution in [2.24, 2.45) is 0 Å². The molecule has 178 valence electrons. The van der Waals surface area contributed by atoms with E-state index >= 15 is 0 Å². The summed E-state index contributed by atoms with van der Waals surface area (Å²) in [5.74, 6) is -0.640. The van der Waals surface area contributed by atoms with Crippen LogP contribution in [0.2, 0.25) is 5.02 Å². The van der Waals surface area contributed by atoms with E-state index in [1.807, 2.05) is 59.2 Å². The van der Waals surface area contributed by atoms with Crippen LogP contribution in [-0.4, -0.2) is 57.7 Å². The van der Waals surface area contributed by atoms with Gasteiger partial charge in [-0.25, -0.2) is 9.18 Å². The fourth-order valence-electron chi connectivity index (χ4n) is 4.70. The summed E-state index contributed by atoms with van der Waals surface area (Å²) < 4.78 is 16.9. The summed E-state index contributed by atoms with van der Waals surface area (Å²) >= 11 is 6.40. The van der Waals surface area contributed by atoms with Crippen LogP contribution < -0.4 is 0 Å². The molecule has 2 amide bonds. The van der Waals surface area contributed by atoms with Gasteiger partial charge in [-0.05, 0) is 30.3 Å². The minimum Gasteiger partial charge on any atom is -0.465 e. The molecule has 2 heterocycles. The highest BCUT2D eigenvalue weighted by atomic mass is 35.5. The number of halogens is 2. The van der Waals surface area contributed by atoms with Crippen molar-refractivity contribution >= 4 is 34.5 Å². The van der Waals surface area contributed by atoms with Crippen molar-refractivity contribution in [3.05, 3.63) is 100 Å². The largest absolute Gasteiger partial charge is 0.465 e. The van der Waals surface area contributed by atoms with Gasteiger partial charge in [0.25, 0.3) is 5.91 Å². The molecule has 0 atom stereocenters. The van der Waals surface area contributed by atoms with Crippen LogP contribution >= 0.6 is 11.6 Å². The lowest BCUT2D eigenvalue weighted by Crippen LogP contribution is -2.50. The number of hydrogen-bond acceptors (Lipinski definition) is 2. The maximum atomic E-state index is 14.9. The van der Waals surface area contributed by atoms with Gasteiger partial charge in [0.05, 0.1) is 11.1 Å². The van der Waals surface area contributed by atoms with Gasteiger partial charge in [-0.3, -0.25) is 4.79 Å². The first-order valence-corrected chi connectivity index (χ1v) is 11.7. The highest BCUT2D eigenvalue weighted by Gasteiger charge is 2.30. The molecule has 1 aliphatic rings.